The number of ether oxygens (including phenoxy) is 1. The third kappa shape index (κ3) is 3.47. The monoisotopic (exact) mass is 415 g/mol. The van der Waals surface area contributed by atoms with E-state index in [1.54, 1.807) is 12.1 Å². The van der Waals surface area contributed by atoms with Crippen molar-refractivity contribution in [3.63, 3.8) is 0 Å². The topological polar surface area (TPSA) is 75.5 Å². The first-order chi connectivity index (χ1) is 14.0. The first-order valence-electron chi connectivity index (χ1n) is 9.86. The van der Waals surface area contributed by atoms with Crippen LogP contribution in [0.25, 0.3) is 21.8 Å². The molecule has 4 aromatic rings. The van der Waals surface area contributed by atoms with Crippen LogP contribution in [0.15, 0.2) is 36.4 Å². The van der Waals surface area contributed by atoms with Crippen molar-refractivity contribution >= 4 is 39.2 Å². The highest BCUT2D eigenvalue weighted by Crippen LogP contribution is 2.40. The Balaban J connectivity index is 0.00000256. The molecule has 0 unspecified atom stereocenters. The Morgan fingerprint density at radius 2 is 1.13 bits per heavy atom. The van der Waals surface area contributed by atoms with Crippen LogP contribution >= 0.6 is 0 Å². The van der Waals surface area contributed by atoms with Gasteiger partial charge in [-0.05, 0) is 38.8 Å². The summed E-state index contributed by atoms with van der Waals surface area (Å²) in [5.74, 6) is 1.73. The van der Waals surface area contributed by atoms with Gasteiger partial charge in [-0.1, -0.05) is 38.1 Å². The molecule has 2 heterocycles. The van der Waals surface area contributed by atoms with E-state index in [0.717, 1.165) is 34.7 Å². The van der Waals surface area contributed by atoms with Gasteiger partial charge in [0, 0.05) is 39.3 Å². The van der Waals surface area contributed by atoms with Crippen LogP contribution in [0.3, 0.4) is 0 Å². The van der Waals surface area contributed by atoms with Crippen molar-refractivity contribution in [2.24, 2.45) is 0 Å². The highest BCUT2D eigenvalue weighted by atomic mass is 27.0. The molecule has 6 heteroatoms. The van der Waals surface area contributed by atoms with Gasteiger partial charge in [0.1, 0.15) is 22.5 Å². The van der Waals surface area contributed by atoms with E-state index in [2.05, 4.69) is 23.8 Å². The summed E-state index contributed by atoms with van der Waals surface area (Å²) in [6.07, 6.45) is 1.47. The Bertz CT molecular complexity index is 1160. The molecule has 0 aliphatic rings. The van der Waals surface area contributed by atoms with Gasteiger partial charge in [-0.3, -0.25) is 0 Å². The number of hydrogen-bond acceptors (Lipinski definition) is 5. The van der Waals surface area contributed by atoms with Gasteiger partial charge < -0.3 is 14.9 Å². The first-order valence-corrected chi connectivity index (χ1v) is 9.86. The lowest BCUT2D eigenvalue weighted by atomic mass is 10.0. The maximum Gasteiger partial charge on any atom is 0.152 e. The van der Waals surface area contributed by atoms with E-state index in [9.17, 15) is 10.2 Å². The van der Waals surface area contributed by atoms with Gasteiger partial charge in [-0.25, -0.2) is 9.97 Å². The highest BCUT2D eigenvalue weighted by molar-refractivity contribution is 5.91. The molecule has 0 aliphatic heterocycles. The number of phenolic OH excluding ortho intramolecular Hbond substituents is 2. The standard InChI is InChI=1S/C24H24N2O3.Al/c1-5-15-17-9-7-11-19(27)21(17)25-13(3)23(15)29-24-14(4)26-22-18(16(24)6-2)10-8-12-20(22)28;/h7-12,27-28H,5-6H2,1-4H3;. The Hall–Kier alpha value is -2.81. The molecule has 0 fully saturated rings. The van der Waals surface area contributed by atoms with Gasteiger partial charge >= 0.3 is 0 Å². The Morgan fingerprint density at radius 3 is 1.50 bits per heavy atom. The molecule has 2 N–H and O–H groups in total. The summed E-state index contributed by atoms with van der Waals surface area (Å²) in [4.78, 5) is 9.21. The number of aryl methyl sites for hydroxylation is 4. The minimum Gasteiger partial charge on any atom is -0.506 e. The van der Waals surface area contributed by atoms with Crippen molar-refractivity contribution in [2.45, 2.75) is 40.5 Å². The lowest BCUT2D eigenvalue weighted by molar-refractivity contribution is 0.458. The van der Waals surface area contributed by atoms with Gasteiger partial charge in [0.2, 0.25) is 0 Å². The Morgan fingerprint density at radius 1 is 0.733 bits per heavy atom. The number of aromatic nitrogens is 2. The van der Waals surface area contributed by atoms with Crippen molar-refractivity contribution < 1.29 is 14.9 Å². The molecule has 0 spiro atoms. The zero-order valence-electron chi connectivity index (χ0n) is 17.7. The summed E-state index contributed by atoms with van der Waals surface area (Å²) < 4.78 is 6.49. The van der Waals surface area contributed by atoms with Crippen LogP contribution in [-0.4, -0.2) is 37.5 Å². The number of fused-ring (bicyclic) bond motifs is 2. The maximum atomic E-state index is 10.2. The molecule has 0 aliphatic carbocycles. The number of benzene rings is 2. The number of hydrogen-bond donors (Lipinski definition) is 2. The predicted octanol–water partition coefficient (Wildman–Crippen LogP) is 5.35. The van der Waals surface area contributed by atoms with E-state index in [-0.39, 0.29) is 28.9 Å². The van der Waals surface area contributed by atoms with Crippen molar-refractivity contribution in [3.05, 3.63) is 58.9 Å². The molecule has 5 nitrogen and oxygen atoms in total. The van der Waals surface area contributed by atoms with Gasteiger partial charge in [0.15, 0.2) is 11.5 Å². The quantitative estimate of drug-likeness (QED) is 0.440. The van der Waals surface area contributed by atoms with E-state index >= 15 is 0 Å². The minimum atomic E-state index is 0. The fraction of sp³-hybridized carbons (Fsp3) is 0.250. The summed E-state index contributed by atoms with van der Waals surface area (Å²) in [7, 11) is 0. The Kier molecular flexibility index (Phi) is 6.21. The van der Waals surface area contributed by atoms with Crippen molar-refractivity contribution in [1.29, 1.82) is 0 Å². The van der Waals surface area contributed by atoms with Crippen LogP contribution in [0.2, 0.25) is 0 Å². The second kappa shape index (κ2) is 8.51. The summed E-state index contributed by atoms with van der Waals surface area (Å²) in [6, 6.07) is 10.8. The SMILES string of the molecule is CCc1c(Oc2c(C)nc3c(O)cccc3c2CC)c(C)nc2c(O)cccc12.[Al]. The van der Waals surface area contributed by atoms with Crippen LogP contribution in [0.1, 0.15) is 36.4 Å². The van der Waals surface area contributed by atoms with Crippen LogP contribution in [0, 0.1) is 13.8 Å². The zero-order chi connectivity index (χ0) is 20.7. The molecule has 0 bridgehead atoms. The van der Waals surface area contributed by atoms with E-state index in [0.29, 0.717) is 33.9 Å². The van der Waals surface area contributed by atoms with Crippen LogP contribution < -0.4 is 4.74 Å². The average Bonchev–Trinajstić information content (AvgIpc) is 2.70. The molecule has 151 valence electrons. The minimum absolute atomic E-state index is 0. The number of pyridine rings is 2. The molecule has 0 amide bonds. The van der Waals surface area contributed by atoms with E-state index in [4.69, 9.17) is 4.74 Å². The molecule has 2 aromatic carbocycles. The van der Waals surface area contributed by atoms with Gasteiger partial charge in [-0.2, -0.15) is 0 Å². The third-order valence-electron chi connectivity index (χ3n) is 5.36. The van der Waals surface area contributed by atoms with E-state index < -0.39 is 0 Å². The van der Waals surface area contributed by atoms with Crippen molar-refractivity contribution in [2.75, 3.05) is 0 Å². The summed E-state index contributed by atoms with van der Waals surface area (Å²) in [5, 5.41) is 22.2. The van der Waals surface area contributed by atoms with Crippen LogP contribution in [-0.2, 0) is 12.8 Å². The Labute approximate surface area is 186 Å². The number of rotatable bonds is 4. The average molecular weight is 415 g/mol. The molecular formula is C24H24AlN2O3. The molecular weight excluding hydrogens is 391 g/mol. The largest absolute Gasteiger partial charge is 0.506 e. The van der Waals surface area contributed by atoms with E-state index in [1.807, 2.05) is 38.1 Å². The lowest BCUT2D eigenvalue weighted by Gasteiger charge is -2.19. The number of nitrogens with zero attached hydrogens (tertiary/aromatic N) is 2. The molecule has 3 radical (unpaired) electrons. The van der Waals surface area contributed by atoms with Crippen molar-refractivity contribution in [1.82, 2.24) is 9.97 Å². The van der Waals surface area contributed by atoms with Gasteiger partial charge in [-0.15, -0.1) is 0 Å². The summed E-state index contributed by atoms with van der Waals surface area (Å²) in [6.45, 7) is 7.91. The zero-order valence-corrected chi connectivity index (χ0v) is 18.8. The summed E-state index contributed by atoms with van der Waals surface area (Å²) in [5.41, 5.74) is 4.61. The second-order valence-electron chi connectivity index (χ2n) is 7.17. The number of phenols is 2. The highest BCUT2D eigenvalue weighted by Gasteiger charge is 2.20. The summed E-state index contributed by atoms with van der Waals surface area (Å²) >= 11 is 0. The lowest BCUT2D eigenvalue weighted by Crippen LogP contribution is -2.03. The van der Waals surface area contributed by atoms with Crippen LogP contribution in [0.4, 0.5) is 0 Å². The fourth-order valence-corrected chi connectivity index (χ4v) is 3.98. The third-order valence-corrected chi connectivity index (χ3v) is 5.36. The van der Waals surface area contributed by atoms with Gasteiger partial charge in [0.25, 0.3) is 0 Å². The van der Waals surface area contributed by atoms with Crippen molar-refractivity contribution in [3.8, 4) is 23.0 Å². The normalized spacial score (nSPS) is 10.9. The molecule has 2 aromatic heterocycles. The van der Waals surface area contributed by atoms with E-state index in [1.165, 1.54) is 0 Å². The maximum absolute atomic E-state index is 10.2. The first kappa shape index (κ1) is 21.9. The number of para-hydroxylation sites is 2. The molecule has 0 saturated carbocycles. The van der Waals surface area contributed by atoms with Gasteiger partial charge in [0.05, 0.1) is 11.4 Å². The molecule has 30 heavy (non-hydrogen) atoms. The number of aromatic hydroxyl groups is 2. The predicted molar refractivity (Wildman–Crippen MR) is 121 cm³/mol. The molecule has 0 saturated heterocycles. The van der Waals surface area contributed by atoms with Crippen LogP contribution in [0.5, 0.6) is 23.0 Å². The molecule has 0 atom stereocenters. The molecule has 4 rings (SSSR count). The smallest absolute Gasteiger partial charge is 0.152 e. The second-order valence-corrected chi connectivity index (χ2v) is 7.17. The fourth-order valence-electron chi connectivity index (χ4n) is 3.98.